The van der Waals surface area contributed by atoms with Crippen LogP contribution in [-0.4, -0.2) is 47.9 Å². The molecule has 36 heavy (non-hydrogen) atoms. The van der Waals surface area contributed by atoms with Crippen LogP contribution in [0.2, 0.25) is 0 Å². The first-order chi connectivity index (χ1) is 17.5. The summed E-state index contributed by atoms with van der Waals surface area (Å²) in [4.78, 5) is 33.4. The van der Waals surface area contributed by atoms with Crippen LogP contribution in [0.1, 0.15) is 53.5 Å². The molecule has 0 spiro atoms. The van der Waals surface area contributed by atoms with E-state index in [2.05, 4.69) is 19.1 Å². The molecule has 3 rings (SSSR count). The van der Waals surface area contributed by atoms with Crippen molar-refractivity contribution in [3.63, 3.8) is 0 Å². The van der Waals surface area contributed by atoms with E-state index in [1.54, 1.807) is 16.2 Å². The standard InChI is InChI=1S/C30H38N2O3S/c1-4-28(26-15-10-7-11-16-26)30(34)31(19-12-20-35-5-2)23-29(33)32(21-25-13-8-6-9-14-25)22-27-18-17-24(3)36-27/h6-11,13-18,28H,4-5,12,19-23H2,1-3H3. The van der Waals surface area contributed by atoms with E-state index in [1.165, 1.54) is 4.88 Å². The van der Waals surface area contributed by atoms with E-state index in [0.29, 0.717) is 45.7 Å². The van der Waals surface area contributed by atoms with Crippen LogP contribution in [0.15, 0.2) is 72.8 Å². The Hall–Kier alpha value is -2.96. The SMILES string of the molecule is CCOCCCN(CC(=O)N(Cc1ccccc1)Cc1ccc(C)s1)C(=O)C(CC)c1ccccc1. The van der Waals surface area contributed by atoms with Crippen LogP contribution >= 0.6 is 11.3 Å². The average Bonchev–Trinajstić information content (AvgIpc) is 3.31. The van der Waals surface area contributed by atoms with Gasteiger partial charge in [-0.1, -0.05) is 67.6 Å². The van der Waals surface area contributed by atoms with Gasteiger partial charge in [0.25, 0.3) is 0 Å². The van der Waals surface area contributed by atoms with E-state index in [-0.39, 0.29) is 24.3 Å². The smallest absolute Gasteiger partial charge is 0.242 e. The molecule has 1 unspecified atom stereocenters. The highest BCUT2D eigenvalue weighted by atomic mass is 32.1. The molecular weight excluding hydrogens is 468 g/mol. The Bertz CT molecular complexity index is 1070. The zero-order chi connectivity index (χ0) is 25.8. The van der Waals surface area contributed by atoms with E-state index in [9.17, 15) is 9.59 Å². The fraction of sp³-hybridized carbons (Fsp3) is 0.400. The van der Waals surface area contributed by atoms with Gasteiger partial charge in [0.1, 0.15) is 0 Å². The topological polar surface area (TPSA) is 49.9 Å². The third-order valence-corrected chi connectivity index (χ3v) is 7.16. The summed E-state index contributed by atoms with van der Waals surface area (Å²) in [7, 11) is 0. The molecule has 0 saturated heterocycles. The number of carbonyl (C=O) groups excluding carboxylic acids is 2. The van der Waals surface area contributed by atoms with Gasteiger partial charge in [-0.15, -0.1) is 11.3 Å². The lowest BCUT2D eigenvalue weighted by Crippen LogP contribution is -2.44. The minimum Gasteiger partial charge on any atom is -0.382 e. The first kappa shape index (κ1) is 27.6. The number of ether oxygens (including phenoxy) is 1. The number of benzene rings is 2. The van der Waals surface area contributed by atoms with E-state index in [4.69, 9.17) is 4.74 Å². The van der Waals surface area contributed by atoms with Crippen molar-refractivity contribution in [2.45, 2.75) is 52.6 Å². The number of nitrogens with zero attached hydrogens (tertiary/aromatic N) is 2. The van der Waals surface area contributed by atoms with Gasteiger partial charge >= 0.3 is 0 Å². The zero-order valence-electron chi connectivity index (χ0n) is 21.7. The van der Waals surface area contributed by atoms with Crippen molar-refractivity contribution in [2.75, 3.05) is 26.3 Å². The number of carbonyl (C=O) groups is 2. The highest BCUT2D eigenvalue weighted by molar-refractivity contribution is 7.11. The van der Waals surface area contributed by atoms with Crippen LogP contribution < -0.4 is 0 Å². The lowest BCUT2D eigenvalue weighted by Gasteiger charge is -2.30. The van der Waals surface area contributed by atoms with E-state index in [1.807, 2.05) is 79.4 Å². The van der Waals surface area contributed by atoms with Gasteiger partial charge in [0.15, 0.2) is 0 Å². The van der Waals surface area contributed by atoms with Crippen molar-refractivity contribution < 1.29 is 14.3 Å². The van der Waals surface area contributed by atoms with Crippen molar-refractivity contribution in [1.82, 2.24) is 9.80 Å². The molecule has 1 atom stereocenters. The lowest BCUT2D eigenvalue weighted by atomic mass is 9.95. The number of amides is 2. The Morgan fingerprint density at radius 1 is 0.889 bits per heavy atom. The molecule has 5 nitrogen and oxygen atoms in total. The summed E-state index contributed by atoms with van der Waals surface area (Å²) in [6.45, 7) is 8.86. The number of thiophene rings is 1. The fourth-order valence-corrected chi connectivity index (χ4v) is 5.19. The number of hydrogen-bond donors (Lipinski definition) is 0. The minimum atomic E-state index is -0.270. The lowest BCUT2D eigenvalue weighted by molar-refractivity contribution is -0.142. The minimum absolute atomic E-state index is 0.000164. The highest BCUT2D eigenvalue weighted by Crippen LogP contribution is 2.23. The van der Waals surface area contributed by atoms with Gasteiger partial charge < -0.3 is 14.5 Å². The van der Waals surface area contributed by atoms with Crippen LogP contribution in [0.4, 0.5) is 0 Å². The maximum Gasteiger partial charge on any atom is 0.242 e. The van der Waals surface area contributed by atoms with Gasteiger partial charge in [0.05, 0.1) is 19.0 Å². The molecule has 1 aromatic heterocycles. The maximum atomic E-state index is 13.7. The Morgan fingerprint density at radius 3 is 2.19 bits per heavy atom. The summed E-state index contributed by atoms with van der Waals surface area (Å²) in [6, 6.07) is 24.1. The van der Waals surface area contributed by atoms with Gasteiger partial charge in [-0.3, -0.25) is 9.59 Å². The second-order valence-electron chi connectivity index (χ2n) is 8.93. The summed E-state index contributed by atoms with van der Waals surface area (Å²) in [5.41, 5.74) is 2.06. The molecule has 0 aliphatic rings. The summed E-state index contributed by atoms with van der Waals surface area (Å²) in [5.74, 6) is -0.314. The highest BCUT2D eigenvalue weighted by Gasteiger charge is 2.27. The molecular formula is C30H38N2O3S. The number of rotatable bonds is 14. The normalized spacial score (nSPS) is 11.8. The van der Waals surface area contributed by atoms with Gasteiger partial charge in [-0.25, -0.2) is 0 Å². The fourth-order valence-electron chi connectivity index (χ4n) is 4.29. The average molecular weight is 507 g/mol. The number of hydrogen-bond acceptors (Lipinski definition) is 4. The Labute approximate surface area is 219 Å². The quantitative estimate of drug-likeness (QED) is 0.251. The van der Waals surface area contributed by atoms with E-state index < -0.39 is 0 Å². The van der Waals surface area contributed by atoms with Gasteiger partial charge in [-0.2, -0.15) is 0 Å². The maximum absolute atomic E-state index is 13.7. The van der Waals surface area contributed by atoms with Gasteiger partial charge in [0, 0.05) is 36.1 Å². The van der Waals surface area contributed by atoms with E-state index in [0.717, 1.165) is 16.0 Å². The van der Waals surface area contributed by atoms with Crippen molar-refractivity contribution in [3.05, 3.63) is 93.7 Å². The monoisotopic (exact) mass is 506 g/mol. The summed E-state index contributed by atoms with van der Waals surface area (Å²) >= 11 is 1.70. The van der Waals surface area contributed by atoms with Crippen molar-refractivity contribution in [3.8, 4) is 0 Å². The molecule has 0 aliphatic carbocycles. The molecule has 0 bridgehead atoms. The predicted octanol–water partition coefficient (Wildman–Crippen LogP) is 6.03. The first-order valence-electron chi connectivity index (χ1n) is 12.8. The third-order valence-electron chi connectivity index (χ3n) is 6.18. The van der Waals surface area contributed by atoms with E-state index >= 15 is 0 Å². The number of aryl methyl sites for hydroxylation is 1. The van der Waals surface area contributed by atoms with Crippen LogP contribution in [0.3, 0.4) is 0 Å². The van der Waals surface area contributed by atoms with Crippen molar-refractivity contribution in [1.29, 1.82) is 0 Å². The largest absolute Gasteiger partial charge is 0.382 e. The summed E-state index contributed by atoms with van der Waals surface area (Å²) in [5, 5.41) is 0. The molecule has 2 aromatic carbocycles. The first-order valence-corrected chi connectivity index (χ1v) is 13.6. The Kier molecular flexibility index (Phi) is 11.2. The molecule has 0 N–H and O–H groups in total. The molecule has 1 heterocycles. The molecule has 192 valence electrons. The van der Waals surface area contributed by atoms with Gasteiger partial charge in [-0.05, 0) is 49.9 Å². The van der Waals surface area contributed by atoms with Crippen molar-refractivity contribution in [2.24, 2.45) is 0 Å². The molecule has 0 saturated carbocycles. The molecule has 6 heteroatoms. The predicted molar refractivity (Wildman–Crippen MR) is 147 cm³/mol. The Balaban J connectivity index is 1.80. The second kappa shape index (κ2) is 14.6. The third kappa shape index (κ3) is 8.32. The molecule has 0 aliphatic heterocycles. The van der Waals surface area contributed by atoms with Crippen LogP contribution in [-0.2, 0) is 27.4 Å². The summed E-state index contributed by atoms with van der Waals surface area (Å²) < 4.78 is 5.52. The Morgan fingerprint density at radius 2 is 1.58 bits per heavy atom. The van der Waals surface area contributed by atoms with Crippen LogP contribution in [0, 0.1) is 6.92 Å². The van der Waals surface area contributed by atoms with Crippen molar-refractivity contribution >= 4 is 23.2 Å². The second-order valence-corrected chi connectivity index (χ2v) is 10.3. The molecule has 0 radical (unpaired) electrons. The molecule has 2 amide bonds. The van der Waals surface area contributed by atoms with Gasteiger partial charge in [0.2, 0.25) is 11.8 Å². The molecule has 0 fully saturated rings. The summed E-state index contributed by atoms with van der Waals surface area (Å²) in [6.07, 6.45) is 1.38. The zero-order valence-corrected chi connectivity index (χ0v) is 22.5. The van der Waals surface area contributed by atoms with Crippen LogP contribution in [0.25, 0.3) is 0 Å². The van der Waals surface area contributed by atoms with Crippen LogP contribution in [0.5, 0.6) is 0 Å². The molecule has 3 aromatic rings.